The third kappa shape index (κ3) is 2.70. The second-order valence-electron chi connectivity index (χ2n) is 4.02. The fourth-order valence-corrected chi connectivity index (χ4v) is 1.69. The van der Waals surface area contributed by atoms with Gasteiger partial charge in [-0.05, 0) is 25.8 Å². The van der Waals surface area contributed by atoms with Gasteiger partial charge in [-0.2, -0.15) is 5.10 Å². The molecule has 0 N–H and O–H groups in total. The van der Waals surface area contributed by atoms with E-state index < -0.39 is 0 Å². The lowest BCUT2D eigenvalue weighted by atomic mass is 10.0. The predicted octanol–water partition coefficient (Wildman–Crippen LogP) is 2.15. The number of Topliss-reactive ketones (excluding diaryl/α,β-unsaturated/α-hetero) is 1. The topological polar surface area (TPSA) is 44.1 Å². The van der Waals surface area contributed by atoms with Crippen LogP contribution in [0, 0.1) is 5.92 Å². The number of carbonyl (C=O) groups excluding carboxylic acids is 1. The zero-order chi connectivity index (χ0) is 12.1. The number of hydrogen-bond acceptors (Lipinski definition) is 3. The quantitative estimate of drug-likeness (QED) is 0.695. The maximum Gasteiger partial charge on any atom is 0.209 e. The van der Waals surface area contributed by atoms with E-state index in [2.05, 4.69) is 5.10 Å². The van der Waals surface area contributed by atoms with Gasteiger partial charge >= 0.3 is 0 Å². The second kappa shape index (κ2) is 5.80. The minimum Gasteiger partial charge on any atom is -0.370 e. The average molecular weight is 224 g/mol. The van der Waals surface area contributed by atoms with E-state index in [1.807, 2.05) is 27.7 Å². The minimum absolute atomic E-state index is 0.0243. The summed E-state index contributed by atoms with van der Waals surface area (Å²) in [6, 6.07) is 1.75. The van der Waals surface area contributed by atoms with Crippen molar-refractivity contribution in [1.82, 2.24) is 9.78 Å². The number of hydrogen-bond donors (Lipinski definition) is 0. The molecule has 0 aliphatic carbocycles. The Morgan fingerprint density at radius 3 is 2.69 bits per heavy atom. The van der Waals surface area contributed by atoms with Gasteiger partial charge in [0.15, 0.2) is 0 Å². The molecular weight excluding hydrogens is 204 g/mol. The smallest absolute Gasteiger partial charge is 0.209 e. The van der Waals surface area contributed by atoms with Gasteiger partial charge in [0.2, 0.25) is 5.78 Å². The molecule has 0 saturated carbocycles. The summed E-state index contributed by atoms with van der Waals surface area (Å²) in [6.07, 6.45) is 1.28. The average Bonchev–Trinajstić information content (AvgIpc) is 2.72. The molecule has 1 aromatic rings. The normalized spacial score (nSPS) is 13.1. The maximum atomic E-state index is 12.2. The van der Waals surface area contributed by atoms with Gasteiger partial charge in [0.25, 0.3) is 0 Å². The Hall–Kier alpha value is -1.16. The van der Waals surface area contributed by atoms with Crippen LogP contribution in [0.25, 0.3) is 0 Å². The number of nitrogens with zero attached hydrogens (tertiary/aromatic N) is 2. The molecule has 0 radical (unpaired) electrons. The Labute approximate surface area is 96.6 Å². The minimum atomic E-state index is -0.369. The molecule has 1 aromatic heterocycles. The molecule has 0 aromatic carbocycles. The van der Waals surface area contributed by atoms with Gasteiger partial charge < -0.3 is 4.74 Å². The van der Waals surface area contributed by atoms with E-state index >= 15 is 0 Å². The molecular formula is C12H20N2O2. The summed E-state index contributed by atoms with van der Waals surface area (Å²) < 4.78 is 7.20. The standard InChI is InChI=1S/C12H20N2O2/c1-5-14-10(7-8-13-14)11(15)12(9(3)4)16-6-2/h7-9,12H,5-6H2,1-4H3. The van der Waals surface area contributed by atoms with Gasteiger partial charge in [-0.1, -0.05) is 13.8 Å². The first-order valence-corrected chi connectivity index (χ1v) is 5.79. The highest BCUT2D eigenvalue weighted by Gasteiger charge is 2.26. The summed E-state index contributed by atoms with van der Waals surface area (Å²) in [4.78, 5) is 12.2. The largest absolute Gasteiger partial charge is 0.370 e. The van der Waals surface area contributed by atoms with E-state index in [-0.39, 0.29) is 17.8 Å². The number of carbonyl (C=O) groups is 1. The lowest BCUT2D eigenvalue weighted by Gasteiger charge is -2.19. The first kappa shape index (κ1) is 12.9. The number of ether oxygens (including phenoxy) is 1. The van der Waals surface area contributed by atoms with Crippen molar-refractivity contribution in [3.63, 3.8) is 0 Å². The van der Waals surface area contributed by atoms with Crippen molar-refractivity contribution in [3.05, 3.63) is 18.0 Å². The molecule has 0 bridgehead atoms. The van der Waals surface area contributed by atoms with Gasteiger partial charge in [-0.3, -0.25) is 9.48 Å². The van der Waals surface area contributed by atoms with Crippen molar-refractivity contribution in [1.29, 1.82) is 0 Å². The van der Waals surface area contributed by atoms with Crippen molar-refractivity contribution in [2.75, 3.05) is 6.61 Å². The molecule has 0 spiro atoms. The molecule has 90 valence electrons. The van der Waals surface area contributed by atoms with Crippen LogP contribution in [0.1, 0.15) is 38.2 Å². The highest BCUT2D eigenvalue weighted by atomic mass is 16.5. The van der Waals surface area contributed by atoms with E-state index in [0.717, 1.165) is 0 Å². The monoisotopic (exact) mass is 224 g/mol. The number of ketones is 1. The summed E-state index contributed by atoms with van der Waals surface area (Å²) in [7, 11) is 0. The number of rotatable bonds is 6. The van der Waals surface area contributed by atoms with Crippen LogP contribution in [0.2, 0.25) is 0 Å². The van der Waals surface area contributed by atoms with Crippen LogP contribution in [-0.2, 0) is 11.3 Å². The van der Waals surface area contributed by atoms with Crippen LogP contribution in [0.5, 0.6) is 0 Å². The highest BCUT2D eigenvalue weighted by Crippen LogP contribution is 2.14. The van der Waals surface area contributed by atoms with Crippen molar-refractivity contribution < 1.29 is 9.53 Å². The Bertz CT molecular complexity index is 345. The second-order valence-corrected chi connectivity index (χ2v) is 4.02. The Morgan fingerprint density at radius 2 is 2.19 bits per heavy atom. The highest BCUT2D eigenvalue weighted by molar-refractivity contribution is 5.98. The van der Waals surface area contributed by atoms with Crippen molar-refractivity contribution in [2.24, 2.45) is 5.92 Å². The third-order valence-electron chi connectivity index (χ3n) is 2.48. The summed E-state index contributed by atoms with van der Waals surface area (Å²) in [5.41, 5.74) is 0.634. The molecule has 4 heteroatoms. The molecule has 16 heavy (non-hydrogen) atoms. The molecule has 0 amide bonds. The number of aromatic nitrogens is 2. The Kier molecular flexibility index (Phi) is 4.68. The molecule has 1 rings (SSSR count). The molecule has 0 saturated heterocycles. The van der Waals surface area contributed by atoms with Crippen molar-refractivity contribution in [2.45, 2.75) is 40.3 Å². The fraction of sp³-hybridized carbons (Fsp3) is 0.667. The van der Waals surface area contributed by atoms with Gasteiger partial charge in [0, 0.05) is 19.3 Å². The van der Waals surface area contributed by atoms with E-state index in [4.69, 9.17) is 4.74 Å². The van der Waals surface area contributed by atoms with Crippen LogP contribution in [-0.4, -0.2) is 28.3 Å². The zero-order valence-electron chi connectivity index (χ0n) is 10.4. The van der Waals surface area contributed by atoms with E-state index in [9.17, 15) is 4.79 Å². The molecule has 1 atom stereocenters. The molecule has 0 aliphatic heterocycles. The maximum absolute atomic E-state index is 12.2. The molecule has 0 fully saturated rings. The lowest BCUT2D eigenvalue weighted by Crippen LogP contribution is -2.31. The van der Waals surface area contributed by atoms with Crippen LogP contribution in [0.3, 0.4) is 0 Å². The first-order chi connectivity index (χ1) is 7.61. The Morgan fingerprint density at radius 1 is 1.50 bits per heavy atom. The predicted molar refractivity (Wildman–Crippen MR) is 62.5 cm³/mol. The van der Waals surface area contributed by atoms with Crippen molar-refractivity contribution in [3.8, 4) is 0 Å². The van der Waals surface area contributed by atoms with E-state index in [0.29, 0.717) is 18.8 Å². The van der Waals surface area contributed by atoms with Crippen molar-refractivity contribution >= 4 is 5.78 Å². The molecule has 1 unspecified atom stereocenters. The fourth-order valence-electron chi connectivity index (χ4n) is 1.69. The summed E-state index contributed by atoms with van der Waals surface area (Å²) in [5.74, 6) is 0.198. The third-order valence-corrected chi connectivity index (χ3v) is 2.48. The summed E-state index contributed by atoms with van der Waals surface area (Å²) >= 11 is 0. The summed E-state index contributed by atoms with van der Waals surface area (Å²) in [6.45, 7) is 9.10. The Balaban J connectivity index is 2.90. The van der Waals surface area contributed by atoms with Gasteiger partial charge in [0.05, 0.1) is 0 Å². The lowest BCUT2D eigenvalue weighted by molar-refractivity contribution is 0.0271. The van der Waals surface area contributed by atoms with Gasteiger partial charge in [-0.25, -0.2) is 0 Å². The van der Waals surface area contributed by atoms with E-state index in [1.54, 1.807) is 16.9 Å². The molecule has 1 heterocycles. The van der Waals surface area contributed by atoms with Gasteiger partial charge in [0.1, 0.15) is 11.8 Å². The van der Waals surface area contributed by atoms with Crippen LogP contribution >= 0.6 is 0 Å². The first-order valence-electron chi connectivity index (χ1n) is 5.79. The van der Waals surface area contributed by atoms with Crippen LogP contribution < -0.4 is 0 Å². The number of aryl methyl sites for hydroxylation is 1. The van der Waals surface area contributed by atoms with Gasteiger partial charge in [-0.15, -0.1) is 0 Å². The summed E-state index contributed by atoms with van der Waals surface area (Å²) in [5, 5.41) is 4.10. The molecule has 0 aliphatic rings. The van der Waals surface area contributed by atoms with E-state index in [1.165, 1.54) is 0 Å². The zero-order valence-corrected chi connectivity index (χ0v) is 10.4. The van der Waals surface area contributed by atoms with Crippen LogP contribution in [0.4, 0.5) is 0 Å². The SMILES string of the molecule is CCOC(C(=O)c1ccnn1CC)C(C)C. The van der Waals surface area contributed by atoms with Crippen LogP contribution in [0.15, 0.2) is 12.3 Å². The molecule has 4 nitrogen and oxygen atoms in total.